The van der Waals surface area contributed by atoms with Gasteiger partial charge in [-0.1, -0.05) is 38.1 Å². The molecule has 0 aliphatic heterocycles. The zero-order chi connectivity index (χ0) is 22.7. The molecular formula is C22H32N4O4S. The van der Waals surface area contributed by atoms with E-state index in [2.05, 4.69) is 34.1 Å². The quantitative estimate of drug-likeness (QED) is 0.464. The molecule has 0 saturated carbocycles. The van der Waals surface area contributed by atoms with Crippen molar-refractivity contribution in [3.63, 3.8) is 0 Å². The minimum atomic E-state index is -3.30. The Balaban J connectivity index is 1.70. The molecule has 0 heterocycles. The molecule has 0 aromatic heterocycles. The van der Waals surface area contributed by atoms with Gasteiger partial charge in [-0.05, 0) is 48.5 Å². The van der Waals surface area contributed by atoms with Crippen LogP contribution in [0.2, 0.25) is 0 Å². The van der Waals surface area contributed by atoms with Crippen molar-refractivity contribution in [1.82, 2.24) is 15.5 Å². The van der Waals surface area contributed by atoms with Crippen LogP contribution in [-0.2, 0) is 23.1 Å². The topological polar surface area (TPSA) is 99.8 Å². The number of amides is 2. The molecule has 3 N–H and O–H groups in total. The fourth-order valence-electron chi connectivity index (χ4n) is 2.87. The van der Waals surface area contributed by atoms with Gasteiger partial charge in [0.15, 0.2) is 0 Å². The van der Waals surface area contributed by atoms with Crippen LogP contribution in [0.3, 0.4) is 0 Å². The third-order valence-electron chi connectivity index (χ3n) is 4.66. The predicted molar refractivity (Wildman–Crippen MR) is 124 cm³/mol. The largest absolute Gasteiger partial charge is 0.492 e. The molecule has 0 aliphatic rings. The summed E-state index contributed by atoms with van der Waals surface area (Å²) in [6, 6.07) is 14.2. The van der Waals surface area contributed by atoms with Gasteiger partial charge < -0.3 is 20.3 Å². The van der Waals surface area contributed by atoms with Gasteiger partial charge >= 0.3 is 6.03 Å². The van der Waals surface area contributed by atoms with Gasteiger partial charge in [-0.2, -0.15) is 0 Å². The second kappa shape index (κ2) is 12.2. The van der Waals surface area contributed by atoms with Crippen LogP contribution in [-0.4, -0.2) is 51.8 Å². The van der Waals surface area contributed by atoms with Crippen LogP contribution in [0.25, 0.3) is 0 Å². The van der Waals surface area contributed by atoms with Crippen LogP contribution in [0.15, 0.2) is 48.5 Å². The van der Waals surface area contributed by atoms with Gasteiger partial charge in [-0.15, -0.1) is 0 Å². The Labute approximate surface area is 185 Å². The summed E-state index contributed by atoms with van der Waals surface area (Å²) < 4.78 is 30.6. The molecule has 0 unspecified atom stereocenters. The molecule has 170 valence electrons. The van der Waals surface area contributed by atoms with E-state index in [0.29, 0.717) is 25.4 Å². The van der Waals surface area contributed by atoms with Gasteiger partial charge in [0.1, 0.15) is 12.4 Å². The minimum Gasteiger partial charge on any atom is -0.492 e. The van der Waals surface area contributed by atoms with Gasteiger partial charge in [0, 0.05) is 25.3 Å². The Morgan fingerprint density at radius 2 is 1.42 bits per heavy atom. The van der Waals surface area contributed by atoms with E-state index in [0.717, 1.165) is 42.8 Å². The molecule has 0 fully saturated rings. The average molecular weight is 449 g/mol. The second-order valence-electron chi connectivity index (χ2n) is 7.13. The second-order valence-corrected chi connectivity index (χ2v) is 8.88. The summed E-state index contributed by atoms with van der Waals surface area (Å²) >= 11 is 0. The van der Waals surface area contributed by atoms with E-state index in [-0.39, 0.29) is 6.03 Å². The Hall–Kier alpha value is -2.78. The van der Waals surface area contributed by atoms with E-state index in [4.69, 9.17) is 4.74 Å². The first kappa shape index (κ1) is 24.5. The van der Waals surface area contributed by atoms with Crippen molar-refractivity contribution in [3.05, 3.63) is 59.7 Å². The van der Waals surface area contributed by atoms with Gasteiger partial charge in [-0.25, -0.2) is 13.2 Å². The zero-order valence-electron chi connectivity index (χ0n) is 18.3. The van der Waals surface area contributed by atoms with Crippen LogP contribution in [0.1, 0.15) is 25.0 Å². The fourth-order valence-corrected chi connectivity index (χ4v) is 3.43. The standard InChI is InChI=1S/C22H32N4O4S/c1-4-26(5-2)14-15-30-21-12-8-19(9-13-21)17-24-22(27)23-16-18-6-10-20(11-7-18)25-31(3,28)29/h6-13,25H,4-5,14-17H2,1-3H3,(H2,23,24,27). The smallest absolute Gasteiger partial charge is 0.315 e. The predicted octanol–water partition coefficient (Wildman–Crippen LogP) is 2.78. The minimum absolute atomic E-state index is 0.280. The molecule has 0 spiro atoms. The van der Waals surface area contributed by atoms with Crippen LogP contribution in [0, 0.1) is 0 Å². The van der Waals surface area contributed by atoms with Crippen LogP contribution >= 0.6 is 0 Å². The third-order valence-corrected chi connectivity index (χ3v) is 5.26. The SMILES string of the molecule is CCN(CC)CCOc1ccc(CNC(=O)NCc2ccc(NS(C)(=O)=O)cc2)cc1. The summed E-state index contributed by atoms with van der Waals surface area (Å²) in [7, 11) is -3.30. The number of urea groups is 1. The molecule has 0 saturated heterocycles. The number of hydrogen-bond donors (Lipinski definition) is 3. The Morgan fingerprint density at radius 1 is 0.903 bits per heavy atom. The van der Waals surface area contributed by atoms with Crippen molar-refractivity contribution in [2.75, 3.05) is 37.2 Å². The summed E-state index contributed by atoms with van der Waals surface area (Å²) in [5, 5.41) is 5.59. The first-order valence-electron chi connectivity index (χ1n) is 10.3. The number of rotatable bonds is 12. The van der Waals surface area contributed by atoms with Crippen molar-refractivity contribution in [2.24, 2.45) is 0 Å². The van der Waals surface area contributed by atoms with Crippen molar-refractivity contribution in [3.8, 4) is 5.75 Å². The van der Waals surface area contributed by atoms with E-state index in [1.807, 2.05) is 24.3 Å². The summed E-state index contributed by atoms with van der Waals surface area (Å²) in [4.78, 5) is 14.3. The van der Waals surface area contributed by atoms with Crippen molar-refractivity contribution < 1.29 is 17.9 Å². The molecule has 0 aliphatic carbocycles. The third kappa shape index (κ3) is 9.71. The van der Waals surface area contributed by atoms with E-state index in [1.165, 1.54) is 0 Å². The van der Waals surface area contributed by atoms with Crippen molar-refractivity contribution in [2.45, 2.75) is 26.9 Å². The highest BCUT2D eigenvalue weighted by atomic mass is 32.2. The summed E-state index contributed by atoms with van der Waals surface area (Å²) in [6.07, 6.45) is 1.10. The van der Waals surface area contributed by atoms with Crippen LogP contribution < -0.4 is 20.1 Å². The van der Waals surface area contributed by atoms with Crippen LogP contribution in [0.5, 0.6) is 5.75 Å². The molecule has 2 rings (SSSR count). The van der Waals surface area contributed by atoms with E-state index in [1.54, 1.807) is 24.3 Å². The molecule has 31 heavy (non-hydrogen) atoms. The lowest BCUT2D eigenvalue weighted by atomic mass is 10.2. The van der Waals surface area contributed by atoms with Crippen molar-refractivity contribution in [1.29, 1.82) is 0 Å². The number of likely N-dealkylation sites (N-methyl/N-ethyl adjacent to an activating group) is 1. The number of benzene rings is 2. The number of sulfonamides is 1. The molecule has 2 amide bonds. The van der Waals surface area contributed by atoms with Gasteiger partial charge in [0.05, 0.1) is 6.26 Å². The average Bonchev–Trinajstić information content (AvgIpc) is 2.74. The van der Waals surface area contributed by atoms with E-state index >= 15 is 0 Å². The van der Waals surface area contributed by atoms with E-state index in [9.17, 15) is 13.2 Å². The number of carbonyl (C=O) groups is 1. The lowest BCUT2D eigenvalue weighted by Gasteiger charge is -2.18. The number of hydrogen-bond acceptors (Lipinski definition) is 5. The molecule has 9 heteroatoms. The maximum atomic E-state index is 12.0. The molecule has 2 aromatic carbocycles. The normalized spacial score (nSPS) is 11.2. The fraction of sp³-hybridized carbons (Fsp3) is 0.409. The summed E-state index contributed by atoms with van der Waals surface area (Å²) in [6.45, 7) is 8.58. The number of nitrogens with one attached hydrogen (secondary N) is 3. The Bertz CT molecular complexity index is 912. The summed E-state index contributed by atoms with van der Waals surface area (Å²) in [5.74, 6) is 0.814. The first-order chi connectivity index (χ1) is 14.8. The lowest BCUT2D eigenvalue weighted by Crippen LogP contribution is -2.34. The zero-order valence-corrected chi connectivity index (χ0v) is 19.2. The highest BCUT2D eigenvalue weighted by Crippen LogP contribution is 2.12. The molecule has 0 atom stereocenters. The van der Waals surface area contributed by atoms with Gasteiger partial charge in [0.25, 0.3) is 0 Å². The van der Waals surface area contributed by atoms with Crippen LogP contribution in [0.4, 0.5) is 10.5 Å². The first-order valence-corrected chi connectivity index (χ1v) is 12.2. The molecule has 8 nitrogen and oxygen atoms in total. The van der Waals surface area contributed by atoms with Crippen molar-refractivity contribution >= 4 is 21.7 Å². The Kier molecular flexibility index (Phi) is 9.61. The lowest BCUT2D eigenvalue weighted by molar-refractivity contribution is 0.223. The number of ether oxygens (including phenoxy) is 1. The Morgan fingerprint density at radius 3 is 1.90 bits per heavy atom. The highest BCUT2D eigenvalue weighted by Gasteiger charge is 2.04. The number of anilines is 1. The number of carbonyl (C=O) groups excluding carboxylic acids is 1. The van der Waals surface area contributed by atoms with Gasteiger partial charge in [0.2, 0.25) is 10.0 Å². The summed E-state index contributed by atoms with van der Waals surface area (Å²) in [5.41, 5.74) is 2.32. The van der Waals surface area contributed by atoms with Gasteiger partial charge in [-0.3, -0.25) is 4.72 Å². The maximum absolute atomic E-state index is 12.0. The molecular weight excluding hydrogens is 416 g/mol. The molecule has 0 radical (unpaired) electrons. The molecule has 2 aromatic rings. The molecule has 0 bridgehead atoms. The highest BCUT2D eigenvalue weighted by molar-refractivity contribution is 7.92. The van der Waals surface area contributed by atoms with E-state index < -0.39 is 10.0 Å². The number of nitrogens with zero attached hydrogens (tertiary/aromatic N) is 1. The maximum Gasteiger partial charge on any atom is 0.315 e. The monoisotopic (exact) mass is 448 g/mol.